The van der Waals surface area contributed by atoms with E-state index in [-0.39, 0.29) is 6.92 Å². The Morgan fingerprint density at radius 2 is 1.16 bits per heavy atom. The van der Waals surface area contributed by atoms with E-state index in [2.05, 4.69) is 14.2 Å². The molecule has 4 atom stereocenters. The number of aliphatic hydroxyl groups is 1. The quantitative estimate of drug-likeness (QED) is 0.308. The average molecular weight is 522 g/mol. The minimum absolute atomic E-state index is 0.287. The van der Waals surface area contributed by atoms with Crippen LogP contribution in [0, 0.1) is 0 Å². The molecule has 194 valence electrons. The van der Waals surface area contributed by atoms with Gasteiger partial charge in [0, 0.05) is 0 Å². The third-order valence-corrected chi connectivity index (χ3v) is 3.15. The van der Waals surface area contributed by atoms with Gasteiger partial charge >= 0.3 is 36.4 Å². The molecule has 0 radical (unpaired) electrons. The van der Waals surface area contributed by atoms with Crippen LogP contribution >= 0.6 is 0 Å². The molecule has 0 aromatic carbocycles. The molecule has 32 heavy (non-hydrogen) atoms. The summed E-state index contributed by atoms with van der Waals surface area (Å²) in [6.45, 7) is -1.55. The first kappa shape index (κ1) is 30.7. The van der Waals surface area contributed by atoms with E-state index in [0.717, 1.165) is 0 Å². The van der Waals surface area contributed by atoms with E-state index in [4.69, 9.17) is 5.11 Å². The van der Waals surface area contributed by atoms with Gasteiger partial charge in [-0.1, -0.05) is 0 Å². The van der Waals surface area contributed by atoms with E-state index in [0.29, 0.717) is 0 Å². The molecule has 0 rings (SSSR count). The first-order valence-electron chi connectivity index (χ1n) is 7.40. The average Bonchev–Trinajstić information content (AvgIpc) is 2.55. The molecule has 0 aromatic heterocycles. The van der Waals surface area contributed by atoms with Crippen LogP contribution in [-0.4, -0.2) is 73.1 Å². The van der Waals surface area contributed by atoms with E-state index in [9.17, 15) is 70.2 Å². The molecular formula is C12H10F16O4. The van der Waals surface area contributed by atoms with Gasteiger partial charge in [-0.05, 0) is 6.92 Å². The molecule has 0 amide bonds. The van der Waals surface area contributed by atoms with Crippen molar-refractivity contribution in [3.8, 4) is 0 Å². The molecule has 1 N–H and O–H groups in total. The van der Waals surface area contributed by atoms with Crippen LogP contribution in [0.25, 0.3) is 0 Å². The minimum Gasteiger partial charge on any atom is -0.394 e. The largest absolute Gasteiger partial charge is 0.460 e. The molecular weight excluding hydrogens is 512 g/mol. The van der Waals surface area contributed by atoms with Gasteiger partial charge in [-0.2, -0.15) is 61.5 Å². The number of rotatable bonds is 11. The molecule has 0 fully saturated rings. The van der Waals surface area contributed by atoms with Crippen LogP contribution in [0.4, 0.5) is 70.2 Å². The lowest BCUT2D eigenvalue weighted by Gasteiger charge is -2.37. The summed E-state index contributed by atoms with van der Waals surface area (Å²) >= 11 is 0. The summed E-state index contributed by atoms with van der Waals surface area (Å²) in [6, 6.07) is 0. The molecule has 0 saturated carbocycles. The number of ether oxygens (including phenoxy) is 3. The maximum Gasteiger partial charge on any atom is 0.460 e. The number of hydrogen-bond acceptors (Lipinski definition) is 4. The lowest BCUT2D eigenvalue weighted by Crippen LogP contribution is -2.63. The fourth-order valence-corrected chi connectivity index (χ4v) is 1.46. The Morgan fingerprint density at radius 3 is 1.47 bits per heavy atom. The fraction of sp³-hybridized carbons (Fsp3) is 1.00. The zero-order chi connectivity index (χ0) is 26.1. The first-order chi connectivity index (χ1) is 13.8. The molecule has 0 aliphatic heterocycles. The van der Waals surface area contributed by atoms with Gasteiger partial charge in [0.2, 0.25) is 0 Å². The third-order valence-electron chi connectivity index (χ3n) is 3.15. The van der Waals surface area contributed by atoms with E-state index in [1.54, 1.807) is 0 Å². The minimum atomic E-state index is -7.73. The molecule has 0 bridgehead atoms. The summed E-state index contributed by atoms with van der Waals surface area (Å²) in [4.78, 5) is 0. The molecule has 20 heteroatoms. The summed E-state index contributed by atoms with van der Waals surface area (Å²) in [6.07, 6.45) is -43.1. The zero-order valence-corrected chi connectivity index (χ0v) is 14.7. The van der Waals surface area contributed by atoms with Gasteiger partial charge in [0.05, 0.1) is 6.61 Å². The van der Waals surface area contributed by atoms with E-state index in [1.165, 1.54) is 0 Å². The van der Waals surface area contributed by atoms with Gasteiger partial charge < -0.3 is 9.84 Å². The van der Waals surface area contributed by atoms with E-state index in [1.807, 2.05) is 0 Å². The van der Waals surface area contributed by atoms with E-state index < -0.39 is 67.9 Å². The Labute approximate surface area is 166 Å². The normalized spacial score (nSPS) is 18.9. The van der Waals surface area contributed by atoms with Crippen molar-refractivity contribution in [3.05, 3.63) is 0 Å². The molecule has 0 saturated heterocycles. The van der Waals surface area contributed by atoms with Crippen LogP contribution in [0.15, 0.2) is 0 Å². The summed E-state index contributed by atoms with van der Waals surface area (Å²) in [5.41, 5.74) is 0. The SMILES string of the molecule is CC(F)[C@H](CO)OC(OC(F)(F)C(F)(F)C(F)(F)C(F)(F)F)C(F)(F)OC(F)C(F)(F)F. The Hall–Kier alpha value is -1.28. The number of halogens is 16. The Morgan fingerprint density at radius 1 is 0.719 bits per heavy atom. The van der Waals surface area contributed by atoms with Crippen LogP contribution in [0.1, 0.15) is 6.92 Å². The molecule has 0 aliphatic carbocycles. The van der Waals surface area contributed by atoms with Gasteiger partial charge in [0.15, 0.2) is 0 Å². The predicted molar refractivity (Wildman–Crippen MR) is 65.3 cm³/mol. The van der Waals surface area contributed by atoms with Crippen molar-refractivity contribution in [3.63, 3.8) is 0 Å². The molecule has 4 nitrogen and oxygen atoms in total. The second-order valence-corrected chi connectivity index (χ2v) is 5.69. The Balaban J connectivity index is 6.27. The summed E-state index contributed by atoms with van der Waals surface area (Å²) < 4.78 is 212. The monoisotopic (exact) mass is 522 g/mol. The van der Waals surface area contributed by atoms with Gasteiger partial charge in [0.25, 0.3) is 12.6 Å². The van der Waals surface area contributed by atoms with Crippen LogP contribution in [0.5, 0.6) is 0 Å². The summed E-state index contributed by atoms with van der Waals surface area (Å²) in [5.74, 6) is -15.4. The lowest BCUT2D eigenvalue weighted by atomic mass is 10.1. The highest BCUT2D eigenvalue weighted by Crippen LogP contribution is 2.54. The molecule has 0 spiro atoms. The summed E-state index contributed by atoms with van der Waals surface area (Å²) in [7, 11) is 0. The molecule has 0 aromatic rings. The van der Waals surface area contributed by atoms with Crippen LogP contribution in [-0.2, 0) is 14.2 Å². The van der Waals surface area contributed by atoms with Crippen molar-refractivity contribution in [2.45, 2.75) is 68.3 Å². The van der Waals surface area contributed by atoms with Crippen LogP contribution in [0.2, 0.25) is 0 Å². The Bertz CT molecular complexity index is 601. The number of alkyl halides is 16. The fourth-order valence-electron chi connectivity index (χ4n) is 1.46. The highest BCUT2D eigenvalue weighted by atomic mass is 19.4. The lowest BCUT2D eigenvalue weighted by molar-refractivity contribution is -0.498. The standard InChI is InChI=1S/C12H10F16O4/c1-3(13)4(2-29)30-6(8(18,19)31-5(14)7(15,16)17)32-12(27,28)10(22,23)9(20,21)11(24,25)26/h3-6,29H,2H2,1H3/t3?,4-,5?,6?/m0/s1. The topological polar surface area (TPSA) is 47.9 Å². The number of hydrogen-bond donors (Lipinski definition) is 1. The highest BCUT2D eigenvalue weighted by molar-refractivity contribution is 4.97. The van der Waals surface area contributed by atoms with Crippen molar-refractivity contribution in [2.24, 2.45) is 0 Å². The summed E-state index contributed by atoms with van der Waals surface area (Å²) in [5, 5.41) is 8.65. The predicted octanol–water partition coefficient (Wildman–Crippen LogP) is 4.96. The maximum atomic E-state index is 13.7. The van der Waals surface area contributed by atoms with Crippen molar-refractivity contribution >= 4 is 0 Å². The number of aliphatic hydroxyl groups excluding tert-OH is 1. The van der Waals surface area contributed by atoms with Crippen molar-refractivity contribution < 1.29 is 89.6 Å². The van der Waals surface area contributed by atoms with Crippen molar-refractivity contribution in [1.29, 1.82) is 0 Å². The Kier molecular flexibility index (Phi) is 9.15. The van der Waals surface area contributed by atoms with E-state index >= 15 is 0 Å². The van der Waals surface area contributed by atoms with Crippen LogP contribution in [0.3, 0.4) is 0 Å². The van der Waals surface area contributed by atoms with Crippen LogP contribution < -0.4 is 0 Å². The smallest absolute Gasteiger partial charge is 0.394 e. The third kappa shape index (κ3) is 6.62. The highest BCUT2D eigenvalue weighted by Gasteiger charge is 2.83. The van der Waals surface area contributed by atoms with Gasteiger partial charge in [-0.25, -0.2) is 8.78 Å². The van der Waals surface area contributed by atoms with Crippen molar-refractivity contribution in [1.82, 2.24) is 0 Å². The van der Waals surface area contributed by atoms with Gasteiger partial charge in [-0.3, -0.25) is 9.47 Å². The maximum absolute atomic E-state index is 13.7. The second-order valence-electron chi connectivity index (χ2n) is 5.69. The van der Waals surface area contributed by atoms with Crippen molar-refractivity contribution in [2.75, 3.05) is 6.61 Å². The molecule has 0 heterocycles. The van der Waals surface area contributed by atoms with Gasteiger partial charge in [0.1, 0.15) is 12.3 Å². The first-order valence-corrected chi connectivity index (χ1v) is 7.40. The van der Waals surface area contributed by atoms with Gasteiger partial charge in [-0.15, -0.1) is 0 Å². The second kappa shape index (κ2) is 9.53. The zero-order valence-electron chi connectivity index (χ0n) is 14.7. The molecule has 0 aliphatic rings. The molecule has 3 unspecified atom stereocenters.